The lowest BCUT2D eigenvalue weighted by atomic mass is 10.2. The molecule has 6 nitrogen and oxygen atoms in total. The van der Waals surface area contributed by atoms with Gasteiger partial charge in [-0.25, -0.2) is 0 Å². The van der Waals surface area contributed by atoms with E-state index in [4.69, 9.17) is 26.4 Å². The first-order valence-corrected chi connectivity index (χ1v) is 7.70. The second kappa shape index (κ2) is 8.43. The number of anilines is 1. The van der Waals surface area contributed by atoms with Crippen LogP contribution in [0.5, 0.6) is 11.5 Å². The number of thiocarbonyl (C=S) groups is 1. The number of benzene rings is 1. The molecule has 1 aliphatic heterocycles. The van der Waals surface area contributed by atoms with Gasteiger partial charge in [0.05, 0.1) is 6.61 Å². The third kappa shape index (κ3) is 5.07. The minimum atomic E-state index is -0.185. The molecule has 0 amide bonds. The van der Waals surface area contributed by atoms with Gasteiger partial charge >= 0.3 is 5.97 Å². The Bertz CT molecular complexity index is 536. The van der Waals surface area contributed by atoms with E-state index >= 15 is 0 Å². The minimum Gasteiger partial charge on any atom is -0.486 e. The number of carbonyl (C=O) groups is 1. The van der Waals surface area contributed by atoms with Crippen LogP contribution in [0.25, 0.3) is 0 Å². The first-order valence-electron chi connectivity index (χ1n) is 7.29. The molecule has 1 aliphatic rings. The molecule has 0 spiro atoms. The zero-order valence-corrected chi connectivity index (χ0v) is 13.3. The fraction of sp³-hybridized carbons (Fsp3) is 0.467. The van der Waals surface area contributed by atoms with Crippen LogP contribution >= 0.6 is 12.2 Å². The van der Waals surface area contributed by atoms with Gasteiger partial charge < -0.3 is 24.8 Å². The van der Waals surface area contributed by atoms with E-state index < -0.39 is 0 Å². The predicted molar refractivity (Wildman–Crippen MR) is 87.5 cm³/mol. The molecule has 1 aromatic carbocycles. The van der Waals surface area contributed by atoms with Gasteiger partial charge in [0.15, 0.2) is 16.6 Å². The Morgan fingerprint density at radius 3 is 2.86 bits per heavy atom. The summed E-state index contributed by atoms with van der Waals surface area (Å²) in [5.74, 6) is 1.27. The van der Waals surface area contributed by atoms with Crippen LogP contribution in [0.3, 0.4) is 0 Å². The van der Waals surface area contributed by atoms with Crippen molar-refractivity contribution >= 4 is 29.0 Å². The van der Waals surface area contributed by atoms with Gasteiger partial charge in [0.25, 0.3) is 0 Å². The molecule has 0 fully saturated rings. The topological polar surface area (TPSA) is 68.8 Å². The van der Waals surface area contributed by atoms with Crippen molar-refractivity contribution in [2.75, 3.05) is 31.7 Å². The second-order valence-electron chi connectivity index (χ2n) is 4.65. The third-order valence-corrected chi connectivity index (χ3v) is 3.20. The SMILES string of the molecule is CCOC(=O)CCCNC(=S)Nc1ccc2c(c1)OCCO2. The molecule has 22 heavy (non-hydrogen) atoms. The summed E-state index contributed by atoms with van der Waals surface area (Å²) in [6.45, 7) is 3.93. The number of carbonyl (C=O) groups excluding carboxylic acids is 1. The van der Waals surface area contributed by atoms with Crippen molar-refractivity contribution in [1.29, 1.82) is 0 Å². The van der Waals surface area contributed by atoms with Crippen molar-refractivity contribution in [3.05, 3.63) is 18.2 Å². The molecule has 7 heteroatoms. The van der Waals surface area contributed by atoms with E-state index in [2.05, 4.69) is 10.6 Å². The summed E-state index contributed by atoms with van der Waals surface area (Å²) in [6, 6.07) is 5.57. The highest BCUT2D eigenvalue weighted by Gasteiger charge is 2.12. The Balaban J connectivity index is 1.72. The lowest BCUT2D eigenvalue weighted by Crippen LogP contribution is -2.29. The van der Waals surface area contributed by atoms with Gasteiger partial charge in [0, 0.05) is 24.7 Å². The molecule has 0 radical (unpaired) electrons. The van der Waals surface area contributed by atoms with Crippen LogP contribution in [0.2, 0.25) is 0 Å². The molecule has 2 N–H and O–H groups in total. The van der Waals surface area contributed by atoms with Gasteiger partial charge in [-0.2, -0.15) is 0 Å². The molecule has 0 aromatic heterocycles. The number of esters is 1. The maximum Gasteiger partial charge on any atom is 0.305 e. The number of fused-ring (bicyclic) bond motifs is 1. The van der Waals surface area contributed by atoms with Gasteiger partial charge in [0.1, 0.15) is 13.2 Å². The van der Waals surface area contributed by atoms with Crippen molar-refractivity contribution < 1.29 is 19.0 Å². The van der Waals surface area contributed by atoms with Crippen LogP contribution in [0.15, 0.2) is 18.2 Å². The van der Waals surface area contributed by atoms with Crippen molar-refractivity contribution in [3.63, 3.8) is 0 Å². The van der Waals surface area contributed by atoms with Crippen LogP contribution in [0.1, 0.15) is 19.8 Å². The monoisotopic (exact) mass is 324 g/mol. The summed E-state index contributed by atoms with van der Waals surface area (Å²) < 4.78 is 15.8. The fourth-order valence-electron chi connectivity index (χ4n) is 1.96. The molecule has 120 valence electrons. The van der Waals surface area contributed by atoms with E-state index in [1.165, 1.54) is 0 Å². The molecule has 0 saturated heterocycles. The molecule has 1 heterocycles. The molecular formula is C15H20N2O4S. The molecule has 0 saturated carbocycles. The quantitative estimate of drug-likeness (QED) is 0.472. The van der Waals surface area contributed by atoms with Crippen molar-refractivity contribution in [1.82, 2.24) is 5.32 Å². The van der Waals surface area contributed by atoms with Gasteiger partial charge in [-0.15, -0.1) is 0 Å². The molecule has 0 aliphatic carbocycles. The molecule has 0 unspecified atom stereocenters. The van der Waals surface area contributed by atoms with E-state index in [0.29, 0.717) is 50.1 Å². The molecule has 1 aromatic rings. The average Bonchev–Trinajstić information content (AvgIpc) is 2.52. The Kier molecular flexibility index (Phi) is 6.27. The number of nitrogens with one attached hydrogen (secondary N) is 2. The lowest BCUT2D eigenvalue weighted by molar-refractivity contribution is -0.143. The Hall–Kier alpha value is -2.02. The highest BCUT2D eigenvalue weighted by molar-refractivity contribution is 7.80. The zero-order chi connectivity index (χ0) is 15.8. The standard InChI is InChI=1S/C15H20N2O4S/c1-2-19-14(18)4-3-7-16-15(22)17-11-5-6-12-13(10-11)21-9-8-20-12/h5-6,10H,2-4,7-9H2,1H3,(H2,16,17,22). The smallest absolute Gasteiger partial charge is 0.305 e. The fourth-order valence-corrected chi connectivity index (χ4v) is 2.18. The van der Waals surface area contributed by atoms with Crippen molar-refractivity contribution in [2.24, 2.45) is 0 Å². The number of rotatable bonds is 6. The van der Waals surface area contributed by atoms with E-state index in [-0.39, 0.29) is 5.97 Å². The number of ether oxygens (including phenoxy) is 3. The van der Waals surface area contributed by atoms with Crippen LogP contribution < -0.4 is 20.1 Å². The van der Waals surface area contributed by atoms with Gasteiger partial charge in [-0.3, -0.25) is 4.79 Å². The van der Waals surface area contributed by atoms with E-state index in [1.807, 2.05) is 18.2 Å². The highest BCUT2D eigenvalue weighted by atomic mass is 32.1. The van der Waals surface area contributed by atoms with Crippen LogP contribution in [0, 0.1) is 0 Å². The zero-order valence-electron chi connectivity index (χ0n) is 12.5. The van der Waals surface area contributed by atoms with Crippen molar-refractivity contribution in [3.8, 4) is 11.5 Å². The highest BCUT2D eigenvalue weighted by Crippen LogP contribution is 2.32. The van der Waals surface area contributed by atoms with Crippen LogP contribution in [-0.4, -0.2) is 37.4 Å². The summed E-state index contributed by atoms with van der Waals surface area (Å²) >= 11 is 5.21. The van der Waals surface area contributed by atoms with E-state index in [0.717, 1.165) is 11.4 Å². The van der Waals surface area contributed by atoms with E-state index in [1.54, 1.807) is 6.92 Å². The number of hydrogen-bond acceptors (Lipinski definition) is 5. The first-order chi connectivity index (χ1) is 10.7. The van der Waals surface area contributed by atoms with Crippen LogP contribution in [0.4, 0.5) is 5.69 Å². The summed E-state index contributed by atoms with van der Waals surface area (Å²) in [7, 11) is 0. The summed E-state index contributed by atoms with van der Waals surface area (Å²) in [6.07, 6.45) is 1.05. The summed E-state index contributed by atoms with van der Waals surface area (Å²) in [5, 5.41) is 6.62. The van der Waals surface area contributed by atoms with E-state index in [9.17, 15) is 4.79 Å². The molecule has 2 rings (SSSR count). The third-order valence-electron chi connectivity index (χ3n) is 2.95. The Labute approximate surface area is 135 Å². The Morgan fingerprint density at radius 1 is 1.32 bits per heavy atom. The summed E-state index contributed by atoms with van der Waals surface area (Å²) in [4.78, 5) is 11.2. The second-order valence-corrected chi connectivity index (χ2v) is 5.06. The number of hydrogen-bond donors (Lipinski definition) is 2. The first kappa shape index (κ1) is 16.4. The largest absolute Gasteiger partial charge is 0.486 e. The minimum absolute atomic E-state index is 0.185. The molecule has 0 atom stereocenters. The van der Waals surface area contributed by atoms with Crippen LogP contribution in [-0.2, 0) is 9.53 Å². The maximum absolute atomic E-state index is 11.2. The molecule has 0 bridgehead atoms. The molecular weight excluding hydrogens is 304 g/mol. The lowest BCUT2D eigenvalue weighted by Gasteiger charge is -2.19. The predicted octanol–water partition coefficient (Wildman–Crippen LogP) is 2.09. The van der Waals surface area contributed by atoms with Gasteiger partial charge in [-0.1, -0.05) is 0 Å². The normalized spacial score (nSPS) is 12.4. The average molecular weight is 324 g/mol. The maximum atomic E-state index is 11.2. The summed E-state index contributed by atoms with van der Waals surface area (Å²) in [5.41, 5.74) is 0.826. The van der Waals surface area contributed by atoms with Gasteiger partial charge in [0.2, 0.25) is 0 Å². The van der Waals surface area contributed by atoms with Gasteiger partial charge in [-0.05, 0) is 37.7 Å². The Morgan fingerprint density at radius 2 is 2.09 bits per heavy atom. The van der Waals surface area contributed by atoms with Crippen molar-refractivity contribution in [2.45, 2.75) is 19.8 Å².